The Morgan fingerprint density at radius 1 is 1.19 bits per heavy atom. The maximum Gasteiger partial charge on any atom is 0.0766 e. The second-order valence-corrected chi connectivity index (χ2v) is 7.33. The fourth-order valence-electron chi connectivity index (χ4n) is 3.25. The minimum absolute atomic E-state index is 0.411. The van der Waals surface area contributed by atoms with E-state index in [9.17, 15) is 5.26 Å². The highest BCUT2D eigenvalue weighted by molar-refractivity contribution is 5.47. The summed E-state index contributed by atoms with van der Waals surface area (Å²) < 4.78 is 0. The predicted octanol–water partition coefficient (Wildman–Crippen LogP) is 5.11. The quantitative estimate of drug-likeness (QED) is 0.833. The van der Waals surface area contributed by atoms with Crippen LogP contribution in [0.25, 0.3) is 0 Å². The Morgan fingerprint density at radius 2 is 1.86 bits per heavy atom. The molecule has 2 rings (SSSR count). The van der Waals surface area contributed by atoms with Gasteiger partial charge in [0.2, 0.25) is 0 Å². The summed E-state index contributed by atoms with van der Waals surface area (Å²) in [5.41, 5.74) is 1.85. The van der Waals surface area contributed by atoms with Gasteiger partial charge in [-0.2, -0.15) is 5.26 Å². The molecule has 1 aromatic carbocycles. The van der Waals surface area contributed by atoms with E-state index in [4.69, 9.17) is 0 Å². The third-order valence-corrected chi connectivity index (χ3v) is 4.91. The van der Waals surface area contributed by atoms with Gasteiger partial charge < -0.3 is 5.32 Å². The van der Waals surface area contributed by atoms with Crippen molar-refractivity contribution in [2.75, 3.05) is 5.32 Å². The minimum atomic E-state index is -0.411. The number of hydrogen-bond donors (Lipinski definition) is 1. The molecule has 1 aromatic rings. The number of nitriles is 1. The van der Waals surface area contributed by atoms with Gasteiger partial charge in [-0.15, -0.1) is 0 Å². The van der Waals surface area contributed by atoms with Gasteiger partial charge in [0, 0.05) is 11.7 Å². The normalized spacial score (nSPS) is 22.9. The first-order valence-corrected chi connectivity index (χ1v) is 8.20. The molecule has 114 valence electrons. The van der Waals surface area contributed by atoms with Crippen LogP contribution in [0.15, 0.2) is 24.3 Å². The molecule has 2 unspecified atom stereocenters. The van der Waals surface area contributed by atoms with Crippen molar-refractivity contribution in [2.24, 2.45) is 11.8 Å². The number of hydrogen-bond acceptors (Lipinski definition) is 2. The summed E-state index contributed by atoms with van der Waals surface area (Å²) in [4.78, 5) is 0. The molecule has 2 heteroatoms. The van der Waals surface area contributed by atoms with E-state index in [1.807, 2.05) is 13.8 Å². The van der Waals surface area contributed by atoms with Crippen LogP contribution < -0.4 is 5.32 Å². The smallest absolute Gasteiger partial charge is 0.0766 e. The Bertz CT molecular complexity index is 493. The molecule has 1 fully saturated rings. The van der Waals surface area contributed by atoms with Gasteiger partial charge in [-0.3, -0.25) is 0 Å². The second-order valence-electron chi connectivity index (χ2n) is 7.33. The van der Waals surface area contributed by atoms with Crippen LogP contribution in [0.2, 0.25) is 0 Å². The molecule has 0 bridgehead atoms. The van der Waals surface area contributed by atoms with Crippen LogP contribution >= 0.6 is 0 Å². The zero-order chi connectivity index (χ0) is 15.5. The molecule has 2 nitrogen and oxygen atoms in total. The molecule has 21 heavy (non-hydrogen) atoms. The van der Waals surface area contributed by atoms with Crippen molar-refractivity contribution in [1.82, 2.24) is 0 Å². The number of nitrogens with one attached hydrogen (secondary N) is 1. The van der Waals surface area contributed by atoms with Crippen LogP contribution in [0, 0.1) is 23.2 Å². The summed E-state index contributed by atoms with van der Waals surface area (Å²) in [6.45, 7) is 8.60. The highest BCUT2D eigenvalue weighted by Crippen LogP contribution is 2.32. The summed E-state index contributed by atoms with van der Waals surface area (Å²) in [7, 11) is 0. The average molecular weight is 284 g/mol. The van der Waals surface area contributed by atoms with Crippen LogP contribution in [0.5, 0.6) is 0 Å². The molecule has 0 aliphatic heterocycles. The van der Waals surface area contributed by atoms with Crippen molar-refractivity contribution < 1.29 is 0 Å². The molecule has 0 saturated heterocycles. The predicted molar refractivity (Wildman–Crippen MR) is 89.3 cm³/mol. The first kappa shape index (κ1) is 15.9. The van der Waals surface area contributed by atoms with E-state index in [-0.39, 0.29) is 0 Å². The molecule has 1 aliphatic carbocycles. The van der Waals surface area contributed by atoms with E-state index >= 15 is 0 Å². The van der Waals surface area contributed by atoms with Crippen LogP contribution in [-0.4, -0.2) is 6.04 Å². The molecule has 0 aromatic heterocycles. The summed E-state index contributed by atoms with van der Waals surface area (Å²) in [5, 5.41) is 12.9. The fourth-order valence-corrected chi connectivity index (χ4v) is 3.25. The van der Waals surface area contributed by atoms with E-state index in [0.29, 0.717) is 6.04 Å². The first-order valence-electron chi connectivity index (χ1n) is 8.20. The van der Waals surface area contributed by atoms with Gasteiger partial charge in [-0.1, -0.05) is 38.8 Å². The number of nitrogens with zero attached hydrogens (tertiary/aromatic N) is 1. The lowest BCUT2D eigenvalue weighted by Crippen LogP contribution is -2.29. The minimum Gasteiger partial charge on any atom is -0.382 e. The lowest BCUT2D eigenvalue weighted by molar-refractivity contribution is 0.264. The van der Waals surface area contributed by atoms with Crippen LogP contribution in [0.4, 0.5) is 5.69 Å². The summed E-state index contributed by atoms with van der Waals surface area (Å²) in [6.07, 6.45) is 5.27. The zero-order valence-corrected chi connectivity index (χ0v) is 13.8. The van der Waals surface area contributed by atoms with Gasteiger partial charge in [0.25, 0.3) is 0 Å². The lowest BCUT2D eigenvalue weighted by atomic mass is 9.79. The Kier molecular flexibility index (Phi) is 4.93. The van der Waals surface area contributed by atoms with Crippen molar-refractivity contribution in [3.8, 4) is 6.07 Å². The number of benzene rings is 1. The van der Waals surface area contributed by atoms with Crippen LogP contribution in [0.1, 0.15) is 58.9 Å². The second kappa shape index (κ2) is 6.52. The monoisotopic (exact) mass is 284 g/mol. The van der Waals surface area contributed by atoms with Gasteiger partial charge >= 0.3 is 0 Å². The highest BCUT2D eigenvalue weighted by atomic mass is 14.9. The molecule has 2 atom stereocenters. The first-order chi connectivity index (χ1) is 9.92. The molecule has 0 amide bonds. The highest BCUT2D eigenvalue weighted by Gasteiger charge is 2.24. The lowest BCUT2D eigenvalue weighted by Gasteiger charge is -2.32. The SMILES string of the molecule is CC(C)C1CCCC(Nc2ccc(C(C)(C)C#N)cc2)C1. The van der Waals surface area contributed by atoms with E-state index in [1.54, 1.807) is 0 Å². The third-order valence-electron chi connectivity index (χ3n) is 4.91. The van der Waals surface area contributed by atoms with Crippen LogP contribution in [-0.2, 0) is 5.41 Å². The molecule has 0 heterocycles. The molecule has 1 saturated carbocycles. The van der Waals surface area contributed by atoms with Gasteiger partial charge in [0.1, 0.15) is 0 Å². The number of anilines is 1. The Labute approximate surface area is 129 Å². The third kappa shape index (κ3) is 4.00. The molecule has 1 aliphatic rings. The topological polar surface area (TPSA) is 35.8 Å². The van der Waals surface area contributed by atoms with Gasteiger partial charge in [0.05, 0.1) is 11.5 Å². The summed E-state index contributed by atoms with van der Waals surface area (Å²) in [5.74, 6) is 1.64. The Morgan fingerprint density at radius 3 is 2.43 bits per heavy atom. The largest absolute Gasteiger partial charge is 0.382 e. The fraction of sp³-hybridized carbons (Fsp3) is 0.632. The average Bonchev–Trinajstić information content (AvgIpc) is 2.48. The zero-order valence-electron chi connectivity index (χ0n) is 13.8. The molecule has 0 radical (unpaired) electrons. The molecule has 1 N–H and O–H groups in total. The van der Waals surface area contributed by atoms with Crippen molar-refractivity contribution in [3.05, 3.63) is 29.8 Å². The molecular formula is C19H28N2. The summed E-state index contributed by atoms with van der Waals surface area (Å²) >= 11 is 0. The van der Waals surface area contributed by atoms with Crippen molar-refractivity contribution in [2.45, 2.75) is 64.8 Å². The van der Waals surface area contributed by atoms with Crippen LogP contribution in [0.3, 0.4) is 0 Å². The van der Waals surface area contributed by atoms with Crippen molar-refractivity contribution in [1.29, 1.82) is 5.26 Å². The molecular weight excluding hydrogens is 256 g/mol. The van der Waals surface area contributed by atoms with E-state index in [1.165, 1.54) is 31.4 Å². The molecule has 0 spiro atoms. The maximum atomic E-state index is 9.19. The number of rotatable bonds is 4. The standard InChI is InChI=1S/C19H28N2/c1-14(2)15-6-5-7-18(12-15)21-17-10-8-16(9-11-17)19(3,4)13-20/h8-11,14-15,18,21H,5-7,12H2,1-4H3. The Balaban J connectivity index is 1.99. The van der Waals surface area contributed by atoms with E-state index in [0.717, 1.165) is 17.4 Å². The summed E-state index contributed by atoms with van der Waals surface area (Å²) in [6, 6.07) is 11.3. The van der Waals surface area contributed by atoms with Gasteiger partial charge in [0.15, 0.2) is 0 Å². The van der Waals surface area contributed by atoms with Crippen molar-refractivity contribution in [3.63, 3.8) is 0 Å². The van der Waals surface area contributed by atoms with Gasteiger partial charge in [-0.05, 0) is 56.2 Å². The van der Waals surface area contributed by atoms with Gasteiger partial charge in [-0.25, -0.2) is 0 Å². The van der Waals surface area contributed by atoms with E-state index in [2.05, 4.69) is 49.5 Å². The maximum absolute atomic E-state index is 9.19. The Hall–Kier alpha value is -1.49. The van der Waals surface area contributed by atoms with Crippen molar-refractivity contribution >= 4 is 5.69 Å². The van der Waals surface area contributed by atoms with E-state index < -0.39 is 5.41 Å².